The van der Waals surface area contributed by atoms with Gasteiger partial charge in [0, 0.05) is 25.3 Å². The Labute approximate surface area is 116 Å². The first-order chi connectivity index (χ1) is 8.58. The SMILES string of the molecule is CC1CN(C)CCCN1C(=O)c1ccc(Br)nc1. The Kier molecular flexibility index (Phi) is 4.35. The maximum absolute atomic E-state index is 12.4. The van der Waals surface area contributed by atoms with Gasteiger partial charge in [0.2, 0.25) is 0 Å². The van der Waals surface area contributed by atoms with E-state index in [0.717, 1.165) is 30.7 Å². The normalized spacial score (nSPS) is 21.7. The molecular weight excluding hydrogens is 294 g/mol. The van der Waals surface area contributed by atoms with Crippen LogP contribution in [-0.2, 0) is 0 Å². The molecule has 2 heterocycles. The summed E-state index contributed by atoms with van der Waals surface area (Å²) in [5, 5.41) is 0. The molecule has 4 nitrogen and oxygen atoms in total. The molecule has 5 heteroatoms. The number of halogens is 1. The fraction of sp³-hybridized carbons (Fsp3) is 0.538. The second kappa shape index (κ2) is 5.80. The summed E-state index contributed by atoms with van der Waals surface area (Å²) < 4.78 is 0.752. The number of carbonyl (C=O) groups is 1. The highest BCUT2D eigenvalue weighted by Crippen LogP contribution is 2.14. The van der Waals surface area contributed by atoms with Gasteiger partial charge in [-0.3, -0.25) is 4.79 Å². The maximum atomic E-state index is 12.4. The van der Waals surface area contributed by atoms with Crippen molar-refractivity contribution in [3.8, 4) is 0 Å². The first kappa shape index (κ1) is 13.5. The minimum absolute atomic E-state index is 0.0813. The van der Waals surface area contributed by atoms with Gasteiger partial charge in [-0.15, -0.1) is 0 Å². The van der Waals surface area contributed by atoms with Crippen LogP contribution in [0.2, 0.25) is 0 Å². The van der Waals surface area contributed by atoms with Gasteiger partial charge in [0.05, 0.1) is 5.56 Å². The van der Waals surface area contributed by atoms with Crippen molar-refractivity contribution in [1.29, 1.82) is 0 Å². The first-order valence-electron chi connectivity index (χ1n) is 6.19. The molecule has 0 radical (unpaired) electrons. The van der Waals surface area contributed by atoms with Crippen molar-refractivity contribution in [2.45, 2.75) is 19.4 Å². The quantitative estimate of drug-likeness (QED) is 0.744. The third-order valence-corrected chi connectivity index (χ3v) is 3.75. The largest absolute Gasteiger partial charge is 0.335 e. The van der Waals surface area contributed by atoms with Crippen LogP contribution < -0.4 is 0 Å². The number of hydrogen-bond acceptors (Lipinski definition) is 3. The van der Waals surface area contributed by atoms with Crippen molar-refractivity contribution >= 4 is 21.8 Å². The molecule has 1 saturated heterocycles. The average molecular weight is 312 g/mol. The third-order valence-electron chi connectivity index (χ3n) is 3.28. The molecule has 1 unspecified atom stereocenters. The van der Waals surface area contributed by atoms with Gasteiger partial charge in [0.25, 0.3) is 5.91 Å². The summed E-state index contributed by atoms with van der Waals surface area (Å²) in [7, 11) is 2.10. The first-order valence-corrected chi connectivity index (χ1v) is 6.98. The Morgan fingerprint density at radius 1 is 1.44 bits per heavy atom. The molecule has 18 heavy (non-hydrogen) atoms. The van der Waals surface area contributed by atoms with Gasteiger partial charge in [0.1, 0.15) is 4.60 Å². The standard InChI is InChI=1S/C13H18BrN3O/c1-10-9-16(2)6-3-7-17(10)13(18)11-4-5-12(14)15-8-11/h4-5,8,10H,3,6-7,9H2,1-2H3. The van der Waals surface area contributed by atoms with Crippen LogP contribution in [0.3, 0.4) is 0 Å². The molecule has 0 spiro atoms. The molecule has 1 fully saturated rings. The molecule has 1 aromatic rings. The van der Waals surface area contributed by atoms with Crippen LogP contribution in [0, 0.1) is 0 Å². The summed E-state index contributed by atoms with van der Waals surface area (Å²) in [6.07, 6.45) is 2.66. The van der Waals surface area contributed by atoms with Gasteiger partial charge >= 0.3 is 0 Å². The molecule has 2 rings (SSSR count). The number of likely N-dealkylation sites (N-methyl/N-ethyl adjacent to an activating group) is 1. The zero-order valence-corrected chi connectivity index (χ0v) is 12.4. The highest BCUT2D eigenvalue weighted by Gasteiger charge is 2.24. The minimum atomic E-state index is 0.0813. The van der Waals surface area contributed by atoms with Crippen molar-refractivity contribution in [1.82, 2.24) is 14.8 Å². The molecule has 1 atom stereocenters. The summed E-state index contributed by atoms with van der Waals surface area (Å²) in [4.78, 5) is 20.8. The Bertz CT molecular complexity index is 421. The Hall–Kier alpha value is -0.940. The number of hydrogen-bond donors (Lipinski definition) is 0. The number of pyridine rings is 1. The Balaban J connectivity index is 2.14. The van der Waals surface area contributed by atoms with Gasteiger partial charge in [-0.2, -0.15) is 0 Å². The van der Waals surface area contributed by atoms with Gasteiger partial charge in [-0.05, 0) is 55.0 Å². The molecule has 0 saturated carbocycles. The van der Waals surface area contributed by atoms with Gasteiger partial charge < -0.3 is 9.80 Å². The van der Waals surface area contributed by atoms with Crippen molar-refractivity contribution in [2.75, 3.05) is 26.7 Å². The fourth-order valence-corrected chi connectivity index (χ4v) is 2.58. The highest BCUT2D eigenvalue weighted by molar-refractivity contribution is 9.10. The highest BCUT2D eigenvalue weighted by atomic mass is 79.9. The van der Waals surface area contributed by atoms with E-state index in [9.17, 15) is 4.79 Å². The van der Waals surface area contributed by atoms with Gasteiger partial charge in [0.15, 0.2) is 0 Å². The molecule has 1 aliphatic rings. The molecule has 1 aromatic heterocycles. The summed E-state index contributed by atoms with van der Waals surface area (Å²) in [5.74, 6) is 0.0813. The van der Waals surface area contributed by atoms with E-state index in [4.69, 9.17) is 0 Å². The molecule has 1 aliphatic heterocycles. The molecular formula is C13H18BrN3O. The zero-order chi connectivity index (χ0) is 13.1. The number of rotatable bonds is 1. The number of nitrogens with zero attached hydrogens (tertiary/aromatic N) is 3. The Morgan fingerprint density at radius 3 is 2.89 bits per heavy atom. The second-order valence-corrected chi connectivity index (χ2v) is 5.65. The van der Waals surface area contributed by atoms with E-state index in [1.807, 2.05) is 17.0 Å². The molecule has 0 aromatic carbocycles. The van der Waals surface area contributed by atoms with Crippen LogP contribution in [0.25, 0.3) is 0 Å². The lowest BCUT2D eigenvalue weighted by atomic mass is 10.2. The van der Waals surface area contributed by atoms with E-state index in [2.05, 4.69) is 39.8 Å². The monoisotopic (exact) mass is 311 g/mol. The molecule has 0 aliphatic carbocycles. The molecule has 98 valence electrons. The van der Waals surface area contributed by atoms with Crippen LogP contribution in [0.4, 0.5) is 0 Å². The third kappa shape index (κ3) is 3.09. The van der Waals surface area contributed by atoms with Crippen LogP contribution in [0.15, 0.2) is 22.9 Å². The molecule has 0 N–H and O–H groups in total. The lowest BCUT2D eigenvalue weighted by Crippen LogP contribution is -2.42. The van der Waals surface area contributed by atoms with Crippen LogP contribution in [-0.4, -0.2) is 53.4 Å². The number of aromatic nitrogens is 1. The number of amides is 1. The fourth-order valence-electron chi connectivity index (χ4n) is 2.34. The summed E-state index contributed by atoms with van der Waals surface area (Å²) in [6, 6.07) is 3.87. The summed E-state index contributed by atoms with van der Waals surface area (Å²) in [6.45, 7) is 4.90. The predicted molar refractivity (Wildman–Crippen MR) is 74.5 cm³/mol. The summed E-state index contributed by atoms with van der Waals surface area (Å²) >= 11 is 3.28. The van der Waals surface area contributed by atoms with Crippen LogP contribution >= 0.6 is 15.9 Å². The van der Waals surface area contributed by atoms with E-state index in [1.54, 1.807) is 6.20 Å². The van der Waals surface area contributed by atoms with Crippen LogP contribution in [0.5, 0.6) is 0 Å². The summed E-state index contributed by atoms with van der Waals surface area (Å²) in [5.41, 5.74) is 0.662. The van der Waals surface area contributed by atoms with Crippen molar-refractivity contribution in [3.05, 3.63) is 28.5 Å². The van der Waals surface area contributed by atoms with E-state index >= 15 is 0 Å². The van der Waals surface area contributed by atoms with Gasteiger partial charge in [-0.25, -0.2) is 4.98 Å². The van der Waals surface area contributed by atoms with E-state index in [1.165, 1.54) is 0 Å². The van der Waals surface area contributed by atoms with E-state index in [0.29, 0.717) is 5.56 Å². The molecule has 0 bridgehead atoms. The number of carbonyl (C=O) groups excluding carboxylic acids is 1. The lowest BCUT2D eigenvalue weighted by Gasteiger charge is -2.28. The van der Waals surface area contributed by atoms with Crippen molar-refractivity contribution < 1.29 is 4.79 Å². The lowest BCUT2D eigenvalue weighted by molar-refractivity contribution is 0.0696. The maximum Gasteiger partial charge on any atom is 0.255 e. The second-order valence-electron chi connectivity index (χ2n) is 4.83. The van der Waals surface area contributed by atoms with E-state index in [-0.39, 0.29) is 11.9 Å². The van der Waals surface area contributed by atoms with Crippen molar-refractivity contribution in [3.63, 3.8) is 0 Å². The van der Waals surface area contributed by atoms with Crippen LogP contribution in [0.1, 0.15) is 23.7 Å². The Morgan fingerprint density at radius 2 is 2.22 bits per heavy atom. The minimum Gasteiger partial charge on any atom is -0.335 e. The predicted octanol–water partition coefficient (Wildman–Crippen LogP) is 2.01. The topological polar surface area (TPSA) is 36.4 Å². The molecule has 1 amide bonds. The average Bonchev–Trinajstić information content (AvgIpc) is 2.50. The van der Waals surface area contributed by atoms with Gasteiger partial charge in [-0.1, -0.05) is 0 Å². The zero-order valence-electron chi connectivity index (χ0n) is 10.8. The smallest absolute Gasteiger partial charge is 0.255 e. The van der Waals surface area contributed by atoms with E-state index < -0.39 is 0 Å². The van der Waals surface area contributed by atoms with Crippen molar-refractivity contribution in [2.24, 2.45) is 0 Å².